The summed E-state index contributed by atoms with van der Waals surface area (Å²) in [4.78, 5) is 8.68. The van der Waals surface area contributed by atoms with Gasteiger partial charge in [0.25, 0.3) is 0 Å². The fraction of sp³-hybridized carbons (Fsp3) is 0.429. The summed E-state index contributed by atoms with van der Waals surface area (Å²) >= 11 is 0. The van der Waals surface area contributed by atoms with Crippen molar-refractivity contribution in [1.29, 1.82) is 0 Å². The number of para-hydroxylation sites is 1. The van der Waals surface area contributed by atoms with Crippen molar-refractivity contribution in [3.8, 4) is 23.1 Å². The molecule has 0 fully saturated rings. The highest BCUT2D eigenvalue weighted by Gasteiger charge is 2.13. The molecule has 0 saturated heterocycles. The summed E-state index contributed by atoms with van der Waals surface area (Å²) in [5, 5.41) is 3.14. The van der Waals surface area contributed by atoms with Crippen LogP contribution in [0.3, 0.4) is 0 Å². The van der Waals surface area contributed by atoms with E-state index < -0.39 is 0 Å². The zero-order valence-corrected chi connectivity index (χ0v) is 19.6. The topological polar surface area (TPSA) is 91.0 Å². The van der Waals surface area contributed by atoms with E-state index in [4.69, 9.17) is 19.9 Å². The van der Waals surface area contributed by atoms with Gasteiger partial charge in [-0.3, -0.25) is 0 Å². The number of ether oxygens (including phenoxy) is 3. The molecular weight excluding hydrogens is 483 g/mol. The number of methoxy groups -OCH3 is 2. The summed E-state index contributed by atoms with van der Waals surface area (Å²) in [7, 11) is 3.16. The molecule has 8 heteroatoms. The molecule has 0 saturated carbocycles. The van der Waals surface area contributed by atoms with E-state index in [1.54, 1.807) is 38.6 Å². The van der Waals surface area contributed by atoms with Gasteiger partial charge in [-0.15, -0.1) is 24.0 Å². The predicted octanol–water partition coefficient (Wildman–Crippen LogP) is 4.49. The predicted molar refractivity (Wildman–Crippen MR) is 127 cm³/mol. The maximum absolute atomic E-state index is 5.90. The first kappa shape index (κ1) is 24.8. The molecule has 7 nitrogen and oxygen atoms in total. The SMILES string of the molecule is CCCCCCNC(N)=NCc1ccc(Oc2c(OC)cccc2OC)nc1.I. The molecule has 0 radical (unpaired) electrons. The van der Waals surface area contributed by atoms with E-state index in [0.717, 1.165) is 18.5 Å². The maximum Gasteiger partial charge on any atom is 0.219 e. The van der Waals surface area contributed by atoms with Gasteiger partial charge in [-0.05, 0) is 24.1 Å². The number of rotatable bonds is 11. The van der Waals surface area contributed by atoms with Gasteiger partial charge in [0.15, 0.2) is 17.5 Å². The lowest BCUT2D eigenvalue weighted by molar-refractivity contribution is 0.342. The van der Waals surface area contributed by atoms with Gasteiger partial charge in [-0.25, -0.2) is 9.98 Å². The lowest BCUT2D eigenvalue weighted by atomic mass is 10.2. The highest BCUT2D eigenvalue weighted by molar-refractivity contribution is 14.0. The summed E-state index contributed by atoms with van der Waals surface area (Å²) in [5.41, 5.74) is 6.84. The van der Waals surface area contributed by atoms with Gasteiger partial charge in [0.2, 0.25) is 11.6 Å². The van der Waals surface area contributed by atoms with Crippen molar-refractivity contribution in [2.24, 2.45) is 10.7 Å². The Morgan fingerprint density at radius 2 is 1.79 bits per heavy atom. The number of nitrogens with two attached hydrogens (primary N) is 1. The molecule has 3 N–H and O–H groups in total. The molecule has 0 aliphatic rings. The number of aromatic nitrogens is 1. The number of hydrogen-bond donors (Lipinski definition) is 2. The van der Waals surface area contributed by atoms with E-state index >= 15 is 0 Å². The Balaban J connectivity index is 0.00000420. The smallest absolute Gasteiger partial charge is 0.219 e. The monoisotopic (exact) mass is 514 g/mol. The molecule has 0 bridgehead atoms. The van der Waals surface area contributed by atoms with Crippen LogP contribution in [0.4, 0.5) is 0 Å². The number of nitrogens with one attached hydrogen (secondary N) is 1. The largest absolute Gasteiger partial charge is 0.493 e. The van der Waals surface area contributed by atoms with Crippen molar-refractivity contribution in [2.45, 2.75) is 39.2 Å². The first-order valence-corrected chi connectivity index (χ1v) is 9.55. The van der Waals surface area contributed by atoms with Crippen LogP contribution in [0.2, 0.25) is 0 Å². The standard InChI is InChI=1S/C21H30N4O3.HI/c1-4-5-6-7-13-23-21(22)25-15-16-11-12-19(24-14-16)28-20-17(26-2)9-8-10-18(20)27-3;/h8-12,14H,4-7,13,15H2,1-3H3,(H3,22,23,25);1H. The molecular formula is C21H31IN4O3. The number of hydrogen-bond acceptors (Lipinski definition) is 5. The molecule has 0 spiro atoms. The lowest BCUT2D eigenvalue weighted by Crippen LogP contribution is -2.32. The molecule has 0 unspecified atom stereocenters. The van der Waals surface area contributed by atoms with Crippen LogP contribution in [0.15, 0.2) is 41.5 Å². The highest BCUT2D eigenvalue weighted by atomic mass is 127. The van der Waals surface area contributed by atoms with Crippen molar-refractivity contribution in [2.75, 3.05) is 20.8 Å². The second-order valence-electron chi connectivity index (χ2n) is 6.29. The van der Waals surface area contributed by atoms with Crippen LogP contribution in [0.5, 0.6) is 23.1 Å². The Hall–Kier alpha value is -2.23. The zero-order valence-electron chi connectivity index (χ0n) is 17.3. The van der Waals surface area contributed by atoms with Crippen LogP contribution in [0.25, 0.3) is 0 Å². The average molecular weight is 514 g/mol. The first-order valence-electron chi connectivity index (χ1n) is 9.55. The maximum atomic E-state index is 5.90. The number of halogens is 1. The normalized spacial score (nSPS) is 10.8. The second kappa shape index (κ2) is 13.9. The third-order valence-electron chi connectivity index (χ3n) is 4.16. The van der Waals surface area contributed by atoms with E-state index in [9.17, 15) is 0 Å². The molecule has 0 amide bonds. The van der Waals surface area contributed by atoms with Crippen LogP contribution in [-0.4, -0.2) is 31.7 Å². The van der Waals surface area contributed by atoms with E-state index in [0.29, 0.717) is 35.6 Å². The molecule has 1 aromatic heterocycles. The minimum absolute atomic E-state index is 0. The number of aliphatic imine (C=N–C) groups is 1. The Morgan fingerprint density at radius 1 is 1.07 bits per heavy atom. The first-order chi connectivity index (χ1) is 13.7. The molecule has 29 heavy (non-hydrogen) atoms. The van der Waals surface area contributed by atoms with Crippen molar-refractivity contribution in [1.82, 2.24) is 10.3 Å². The lowest BCUT2D eigenvalue weighted by Gasteiger charge is -2.13. The van der Waals surface area contributed by atoms with Gasteiger partial charge < -0.3 is 25.3 Å². The summed E-state index contributed by atoms with van der Waals surface area (Å²) in [6.45, 7) is 3.50. The van der Waals surface area contributed by atoms with Crippen molar-refractivity contribution >= 4 is 29.9 Å². The van der Waals surface area contributed by atoms with E-state index in [2.05, 4.69) is 22.2 Å². The minimum Gasteiger partial charge on any atom is -0.493 e. The molecule has 0 atom stereocenters. The Bertz CT molecular complexity index is 732. The second-order valence-corrected chi connectivity index (χ2v) is 6.29. The molecule has 2 rings (SSSR count). The third kappa shape index (κ3) is 8.35. The van der Waals surface area contributed by atoms with E-state index in [-0.39, 0.29) is 24.0 Å². The Kier molecular flexibility index (Phi) is 11.9. The van der Waals surface area contributed by atoms with Crippen LogP contribution < -0.4 is 25.3 Å². The molecule has 1 aromatic carbocycles. The van der Waals surface area contributed by atoms with Gasteiger partial charge in [-0.1, -0.05) is 38.3 Å². The Morgan fingerprint density at radius 3 is 2.38 bits per heavy atom. The van der Waals surface area contributed by atoms with Crippen molar-refractivity contribution in [3.05, 3.63) is 42.1 Å². The fourth-order valence-corrected chi connectivity index (χ4v) is 2.59. The zero-order chi connectivity index (χ0) is 20.2. The van der Waals surface area contributed by atoms with E-state index in [1.165, 1.54) is 19.3 Å². The number of guanidine groups is 1. The fourth-order valence-electron chi connectivity index (χ4n) is 2.59. The van der Waals surface area contributed by atoms with Crippen molar-refractivity contribution < 1.29 is 14.2 Å². The van der Waals surface area contributed by atoms with E-state index in [1.807, 2.05) is 12.1 Å². The van der Waals surface area contributed by atoms with Crippen molar-refractivity contribution in [3.63, 3.8) is 0 Å². The van der Waals surface area contributed by atoms with Gasteiger partial charge in [0.05, 0.1) is 20.8 Å². The average Bonchev–Trinajstić information content (AvgIpc) is 2.73. The van der Waals surface area contributed by atoms with Crippen LogP contribution in [-0.2, 0) is 6.54 Å². The van der Waals surface area contributed by atoms with Gasteiger partial charge in [0.1, 0.15) is 0 Å². The molecule has 1 heterocycles. The summed E-state index contributed by atoms with van der Waals surface area (Å²) < 4.78 is 16.5. The number of nitrogens with zero attached hydrogens (tertiary/aromatic N) is 2. The number of benzene rings is 1. The summed E-state index contributed by atoms with van der Waals surface area (Å²) in [6, 6.07) is 9.13. The molecule has 0 aliphatic carbocycles. The molecule has 160 valence electrons. The number of unbranched alkanes of at least 4 members (excludes halogenated alkanes) is 3. The number of pyridine rings is 1. The molecule has 0 aliphatic heterocycles. The van der Waals surface area contributed by atoms with Crippen LogP contribution in [0, 0.1) is 0 Å². The highest BCUT2D eigenvalue weighted by Crippen LogP contribution is 2.39. The minimum atomic E-state index is 0. The summed E-state index contributed by atoms with van der Waals surface area (Å²) in [6.07, 6.45) is 6.50. The van der Waals surface area contributed by atoms with Crippen LogP contribution in [0.1, 0.15) is 38.2 Å². The van der Waals surface area contributed by atoms with Crippen LogP contribution >= 0.6 is 24.0 Å². The Labute approximate surface area is 190 Å². The summed E-state index contributed by atoms with van der Waals surface area (Å²) in [5.74, 6) is 2.54. The van der Waals surface area contributed by atoms with Gasteiger partial charge in [-0.2, -0.15) is 0 Å². The van der Waals surface area contributed by atoms with Gasteiger partial charge in [0, 0.05) is 18.8 Å². The third-order valence-corrected chi connectivity index (χ3v) is 4.16. The molecule has 2 aromatic rings. The van der Waals surface area contributed by atoms with Gasteiger partial charge >= 0.3 is 0 Å². The quantitative estimate of drug-likeness (QED) is 0.199.